The molecular weight excluding hydrogens is 369 g/mol. The molecule has 0 spiro atoms. The Bertz CT molecular complexity index is 799. The van der Waals surface area contributed by atoms with E-state index >= 15 is 0 Å². The average Bonchev–Trinajstić information content (AvgIpc) is 3.23. The number of nitrogens with zero attached hydrogens (tertiary/aromatic N) is 2. The fraction of sp³-hybridized carbons (Fsp3) is 0.478. The van der Waals surface area contributed by atoms with E-state index < -0.39 is 0 Å². The molecule has 0 radical (unpaired) electrons. The van der Waals surface area contributed by atoms with E-state index in [0.29, 0.717) is 13.2 Å². The lowest BCUT2D eigenvalue weighted by molar-refractivity contribution is -0.126. The van der Waals surface area contributed by atoms with Gasteiger partial charge in [0, 0.05) is 30.7 Å². The number of benzene rings is 1. The van der Waals surface area contributed by atoms with E-state index in [0.717, 1.165) is 56.8 Å². The van der Waals surface area contributed by atoms with Crippen molar-refractivity contribution in [3.63, 3.8) is 0 Å². The molecule has 0 aliphatic carbocycles. The van der Waals surface area contributed by atoms with Crippen molar-refractivity contribution in [2.24, 2.45) is 5.92 Å². The molecule has 1 aromatic heterocycles. The van der Waals surface area contributed by atoms with E-state index in [9.17, 15) is 9.18 Å². The summed E-state index contributed by atoms with van der Waals surface area (Å²) in [4.78, 5) is 19.2. The van der Waals surface area contributed by atoms with Crippen LogP contribution in [0.15, 0.2) is 48.7 Å². The molecule has 1 aromatic carbocycles. The number of hydrogen-bond acceptors (Lipinski definition) is 4. The summed E-state index contributed by atoms with van der Waals surface area (Å²) in [5, 5.41) is 3.02. The van der Waals surface area contributed by atoms with Gasteiger partial charge in [0.05, 0.1) is 18.8 Å². The zero-order valence-corrected chi connectivity index (χ0v) is 16.6. The zero-order chi connectivity index (χ0) is 20.1. The number of halogens is 1. The average molecular weight is 397 g/mol. The molecule has 2 fully saturated rings. The third-order valence-electron chi connectivity index (χ3n) is 6.21. The minimum absolute atomic E-state index is 0.0524. The van der Waals surface area contributed by atoms with Crippen molar-refractivity contribution in [3.05, 3.63) is 65.7 Å². The lowest BCUT2D eigenvalue weighted by Crippen LogP contribution is -2.47. The molecule has 1 atom stereocenters. The summed E-state index contributed by atoms with van der Waals surface area (Å²) in [6.07, 6.45) is 4.40. The maximum Gasteiger partial charge on any atom is 0.223 e. The number of ether oxygens (including phenoxy) is 1. The summed E-state index contributed by atoms with van der Waals surface area (Å²) < 4.78 is 19.1. The minimum Gasteiger partial charge on any atom is -0.380 e. The number of hydrogen-bond donors (Lipinski definition) is 1. The molecule has 2 aliphatic rings. The Morgan fingerprint density at radius 2 is 2.00 bits per heavy atom. The second kappa shape index (κ2) is 9.01. The second-order valence-corrected chi connectivity index (χ2v) is 8.18. The van der Waals surface area contributed by atoms with Gasteiger partial charge in [-0.3, -0.25) is 9.78 Å². The Morgan fingerprint density at radius 3 is 2.66 bits per heavy atom. The molecule has 1 amide bonds. The first-order chi connectivity index (χ1) is 14.1. The van der Waals surface area contributed by atoms with Crippen molar-refractivity contribution in [2.45, 2.75) is 31.2 Å². The first-order valence-electron chi connectivity index (χ1n) is 10.4. The van der Waals surface area contributed by atoms with Gasteiger partial charge in [0.15, 0.2) is 0 Å². The van der Waals surface area contributed by atoms with Gasteiger partial charge in [0.2, 0.25) is 5.91 Å². The van der Waals surface area contributed by atoms with E-state index in [-0.39, 0.29) is 23.1 Å². The van der Waals surface area contributed by atoms with E-state index in [1.54, 1.807) is 6.20 Å². The van der Waals surface area contributed by atoms with Crippen molar-refractivity contribution in [1.29, 1.82) is 0 Å². The van der Waals surface area contributed by atoms with Gasteiger partial charge in [-0.15, -0.1) is 0 Å². The van der Waals surface area contributed by atoms with Gasteiger partial charge in [-0.1, -0.05) is 18.2 Å². The number of rotatable bonds is 6. The van der Waals surface area contributed by atoms with E-state index in [2.05, 4.69) is 15.2 Å². The smallest absolute Gasteiger partial charge is 0.223 e. The van der Waals surface area contributed by atoms with Crippen LogP contribution in [0.4, 0.5) is 4.39 Å². The monoisotopic (exact) mass is 397 g/mol. The quantitative estimate of drug-likeness (QED) is 0.814. The van der Waals surface area contributed by atoms with Gasteiger partial charge in [-0.2, -0.15) is 0 Å². The van der Waals surface area contributed by atoms with Gasteiger partial charge in [-0.25, -0.2) is 4.39 Å². The lowest BCUT2D eigenvalue weighted by Gasteiger charge is -2.38. The fourth-order valence-electron chi connectivity index (χ4n) is 4.46. The number of carbonyl (C=O) groups excluding carboxylic acids is 1. The van der Waals surface area contributed by atoms with E-state index in [4.69, 9.17) is 4.74 Å². The van der Waals surface area contributed by atoms with E-state index in [1.165, 1.54) is 12.1 Å². The number of piperidine rings is 1. The van der Waals surface area contributed by atoms with Crippen LogP contribution in [0.2, 0.25) is 0 Å². The van der Waals surface area contributed by atoms with Crippen LogP contribution in [0, 0.1) is 11.7 Å². The highest BCUT2D eigenvalue weighted by Crippen LogP contribution is 2.35. The highest BCUT2D eigenvalue weighted by molar-refractivity contribution is 5.78. The topological polar surface area (TPSA) is 54.5 Å². The Balaban J connectivity index is 1.30. The lowest BCUT2D eigenvalue weighted by atomic mass is 9.78. The molecule has 1 N–H and O–H groups in total. The van der Waals surface area contributed by atoms with Crippen molar-refractivity contribution < 1.29 is 13.9 Å². The van der Waals surface area contributed by atoms with E-state index in [1.807, 2.05) is 30.3 Å². The Hall–Kier alpha value is -2.31. The molecule has 2 saturated heterocycles. The summed E-state index contributed by atoms with van der Waals surface area (Å²) in [5.41, 5.74) is 1.94. The highest BCUT2D eigenvalue weighted by Gasteiger charge is 2.39. The van der Waals surface area contributed by atoms with Gasteiger partial charge in [0.1, 0.15) is 5.82 Å². The predicted molar refractivity (Wildman–Crippen MR) is 109 cm³/mol. The fourth-order valence-corrected chi connectivity index (χ4v) is 4.46. The van der Waals surface area contributed by atoms with Crippen molar-refractivity contribution in [2.75, 3.05) is 32.8 Å². The molecule has 1 unspecified atom stereocenters. The molecule has 5 nitrogen and oxygen atoms in total. The van der Waals surface area contributed by atoms with Crippen LogP contribution >= 0.6 is 0 Å². The third-order valence-corrected chi connectivity index (χ3v) is 6.21. The van der Waals surface area contributed by atoms with Crippen LogP contribution in [0.25, 0.3) is 0 Å². The van der Waals surface area contributed by atoms with Crippen LogP contribution < -0.4 is 5.32 Å². The van der Waals surface area contributed by atoms with Crippen LogP contribution in [-0.2, 0) is 21.5 Å². The SMILES string of the molecule is O=C(NCc1ccccn1)C1CCN(CC2(c3ccc(F)cc3)CCOC2)CC1. The highest BCUT2D eigenvalue weighted by atomic mass is 19.1. The van der Waals surface area contributed by atoms with Gasteiger partial charge in [0.25, 0.3) is 0 Å². The summed E-state index contributed by atoms with van der Waals surface area (Å²) >= 11 is 0. The predicted octanol–water partition coefficient (Wildman–Crippen LogP) is 2.91. The Kier molecular flexibility index (Phi) is 6.21. The Labute approximate surface area is 171 Å². The second-order valence-electron chi connectivity index (χ2n) is 8.18. The normalized spacial score (nSPS) is 23.2. The van der Waals surface area contributed by atoms with Crippen LogP contribution in [0.1, 0.15) is 30.5 Å². The standard InChI is InChI=1S/C23H28FN3O2/c24-20-6-4-19(5-7-20)23(10-14-29-17-23)16-27-12-8-18(9-13-27)22(28)26-15-21-3-1-2-11-25-21/h1-7,11,18H,8-10,12-17H2,(H,26,28). The summed E-state index contributed by atoms with van der Waals surface area (Å²) in [5.74, 6) is -0.0374. The molecule has 154 valence electrons. The number of pyridine rings is 1. The largest absolute Gasteiger partial charge is 0.380 e. The molecule has 2 aromatic rings. The molecule has 0 saturated carbocycles. The van der Waals surface area contributed by atoms with Crippen LogP contribution in [-0.4, -0.2) is 48.6 Å². The van der Waals surface area contributed by atoms with Crippen molar-refractivity contribution >= 4 is 5.91 Å². The molecule has 3 heterocycles. The number of amides is 1. The van der Waals surface area contributed by atoms with Gasteiger partial charge in [-0.05, 0) is 62.2 Å². The first-order valence-corrected chi connectivity index (χ1v) is 10.4. The number of likely N-dealkylation sites (tertiary alicyclic amines) is 1. The molecule has 29 heavy (non-hydrogen) atoms. The molecule has 0 bridgehead atoms. The number of nitrogens with one attached hydrogen (secondary N) is 1. The first kappa shape index (κ1) is 20.0. The zero-order valence-electron chi connectivity index (χ0n) is 16.6. The van der Waals surface area contributed by atoms with Gasteiger partial charge < -0.3 is 15.0 Å². The minimum atomic E-state index is -0.208. The number of aromatic nitrogens is 1. The number of carbonyl (C=O) groups is 1. The Morgan fingerprint density at radius 1 is 1.21 bits per heavy atom. The van der Waals surface area contributed by atoms with Gasteiger partial charge >= 0.3 is 0 Å². The van der Waals surface area contributed by atoms with Crippen molar-refractivity contribution in [1.82, 2.24) is 15.2 Å². The molecule has 6 heteroatoms. The third kappa shape index (κ3) is 4.82. The summed E-state index contributed by atoms with van der Waals surface area (Å²) in [6.45, 7) is 4.56. The summed E-state index contributed by atoms with van der Waals surface area (Å²) in [7, 11) is 0. The maximum atomic E-state index is 13.4. The summed E-state index contributed by atoms with van der Waals surface area (Å²) in [6, 6.07) is 12.6. The van der Waals surface area contributed by atoms with Crippen LogP contribution in [0.5, 0.6) is 0 Å². The molecule has 2 aliphatic heterocycles. The van der Waals surface area contributed by atoms with Crippen molar-refractivity contribution in [3.8, 4) is 0 Å². The molecule has 4 rings (SSSR count). The maximum absolute atomic E-state index is 13.4. The van der Waals surface area contributed by atoms with Crippen LogP contribution in [0.3, 0.4) is 0 Å². The molecular formula is C23H28FN3O2.